The highest BCUT2D eigenvalue weighted by Crippen LogP contribution is 2.40. The Balaban J connectivity index is 1.65. The number of aliphatic hydroxyl groups excluding tert-OH is 1. The van der Waals surface area contributed by atoms with E-state index in [0.29, 0.717) is 11.5 Å². The molecule has 1 aromatic heterocycles. The van der Waals surface area contributed by atoms with Crippen LogP contribution < -0.4 is 0 Å². The molecule has 1 aliphatic rings. The van der Waals surface area contributed by atoms with E-state index in [-0.39, 0.29) is 17.9 Å². The van der Waals surface area contributed by atoms with Crippen LogP contribution in [0.25, 0.3) is 16.5 Å². The SMILES string of the molecule is CC(C)c1ccc(C2/C(=C(/O)c3ccc4ccccc4c3)C(=O)C(=O)N2Cc2cccnc2)cc1. The smallest absolute Gasteiger partial charge is 0.295 e. The van der Waals surface area contributed by atoms with E-state index in [9.17, 15) is 14.7 Å². The molecule has 5 heteroatoms. The van der Waals surface area contributed by atoms with Gasteiger partial charge in [0, 0.05) is 24.5 Å². The molecule has 0 radical (unpaired) electrons. The van der Waals surface area contributed by atoms with Gasteiger partial charge in [0.05, 0.1) is 11.6 Å². The van der Waals surface area contributed by atoms with Gasteiger partial charge in [-0.15, -0.1) is 0 Å². The van der Waals surface area contributed by atoms with Gasteiger partial charge in [0.2, 0.25) is 0 Å². The molecule has 0 spiro atoms. The van der Waals surface area contributed by atoms with Crippen LogP contribution in [-0.2, 0) is 16.1 Å². The molecule has 0 saturated carbocycles. The molecule has 5 nitrogen and oxygen atoms in total. The molecule has 35 heavy (non-hydrogen) atoms. The van der Waals surface area contributed by atoms with E-state index < -0.39 is 17.7 Å². The lowest BCUT2D eigenvalue weighted by Gasteiger charge is -2.25. The fourth-order valence-electron chi connectivity index (χ4n) is 4.63. The third-order valence-electron chi connectivity index (χ3n) is 6.56. The van der Waals surface area contributed by atoms with Gasteiger partial charge < -0.3 is 10.0 Å². The molecule has 0 aliphatic carbocycles. The Hall–Kier alpha value is -4.25. The zero-order valence-electron chi connectivity index (χ0n) is 19.7. The second-order valence-electron chi connectivity index (χ2n) is 9.17. The van der Waals surface area contributed by atoms with Crippen LogP contribution in [0.4, 0.5) is 0 Å². The molecule has 1 atom stereocenters. The fourth-order valence-corrected chi connectivity index (χ4v) is 4.63. The average molecular weight is 463 g/mol. The lowest BCUT2D eigenvalue weighted by molar-refractivity contribution is -0.140. The number of likely N-dealkylation sites (tertiary alicyclic amines) is 1. The summed E-state index contributed by atoms with van der Waals surface area (Å²) in [5.74, 6) is -1.13. The maximum atomic E-state index is 13.3. The maximum absolute atomic E-state index is 13.3. The molecule has 1 aliphatic heterocycles. The molecule has 2 heterocycles. The third kappa shape index (κ3) is 4.21. The number of fused-ring (bicyclic) bond motifs is 1. The number of carbonyl (C=O) groups is 2. The molecule has 1 unspecified atom stereocenters. The standard InChI is InChI=1S/C30H26N2O3/c1-19(2)21-9-12-23(13-10-21)27-26(28(33)25-14-11-22-7-3-4-8-24(22)16-25)29(34)30(35)32(27)18-20-6-5-15-31-17-20/h3-17,19,27,33H,18H2,1-2H3/b28-26-. The van der Waals surface area contributed by atoms with E-state index in [1.165, 1.54) is 4.90 Å². The minimum atomic E-state index is -0.706. The Morgan fingerprint density at radius 1 is 0.943 bits per heavy atom. The van der Waals surface area contributed by atoms with Crippen molar-refractivity contribution in [2.45, 2.75) is 32.4 Å². The van der Waals surface area contributed by atoms with E-state index in [1.54, 1.807) is 24.5 Å². The van der Waals surface area contributed by atoms with E-state index in [4.69, 9.17) is 0 Å². The summed E-state index contributed by atoms with van der Waals surface area (Å²) >= 11 is 0. The Kier molecular flexibility index (Phi) is 5.91. The number of hydrogen-bond acceptors (Lipinski definition) is 4. The first-order valence-corrected chi connectivity index (χ1v) is 11.7. The Morgan fingerprint density at radius 2 is 1.69 bits per heavy atom. The van der Waals surface area contributed by atoms with Crippen molar-refractivity contribution in [3.05, 3.63) is 119 Å². The van der Waals surface area contributed by atoms with Gasteiger partial charge in [-0.1, -0.05) is 80.6 Å². The van der Waals surface area contributed by atoms with Crippen LogP contribution in [0.2, 0.25) is 0 Å². The third-order valence-corrected chi connectivity index (χ3v) is 6.56. The summed E-state index contributed by atoms with van der Waals surface area (Å²) in [7, 11) is 0. The molecular formula is C30H26N2O3. The van der Waals surface area contributed by atoms with Crippen LogP contribution in [0.15, 0.2) is 96.8 Å². The van der Waals surface area contributed by atoms with Crippen LogP contribution in [0.5, 0.6) is 0 Å². The van der Waals surface area contributed by atoms with Crippen LogP contribution in [0, 0.1) is 0 Å². The minimum Gasteiger partial charge on any atom is -0.507 e. The van der Waals surface area contributed by atoms with Crippen molar-refractivity contribution < 1.29 is 14.7 Å². The molecule has 0 bridgehead atoms. The van der Waals surface area contributed by atoms with Crippen molar-refractivity contribution >= 4 is 28.2 Å². The van der Waals surface area contributed by atoms with Crippen LogP contribution in [0.1, 0.15) is 48.1 Å². The van der Waals surface area contributed by atoms with Gasteiger partial charge in [0.15, 0.2) is 0 Å². The van der Waals surface area contributed by atoms with Gasteiger partial charge in [-0.3, -0.25) is 14.6 Å². The van der Waals surface area contributed by atoms with Crippen molar-refractivity contribution in [1.29, 1.82) is 0 Å². The number of hydrogen-bond donors (Lipinski definition) is 1. The van der Waals surface area contributed by atoms with Gasteiger partial charge in [-0.25, -0.2) is 0 Å². The van der Waals surface area contributed by atoms with Crippen LogP contribution in [-0.4, -0.2) is 26.7 Å². The quantitative estimate of drug-likeness (QED) is 0.225. The predicted molar refractivity (Wildman–Crippen MR) is 137 cm³/mol. The van der Waals surface area contributed by atoms with Crippen molar-refractivity contribution in [2.75, 3.05) is 0 Å². The average Bonchev–Trinajstić information content (AvgIpc) is 3.13. The molecule has 1 amide bonds. The van der Waals surface area contributed by atoms with E-state index in [2.05, 4.69) is 18.8 Å². The zero-order valence-corrected chi connectivity index (χ0v) is 19.7. The monoisotopic (exact) mass is 462 g/mol. The Labute approximate surface area is 204 Å². The number of pyridine rings is 1. The van der Waals surface area contributed by atoms with Gasteiger partial charge in [0.25, 0.3) is 11.7 Å². The van der Waals surface area contributed by atoms with Crippen molar-refractivity contribution in [3.63, 3.8) is 0 Å². The summed E-state index contributed by atoms with van der Waals surface area (Å²) in [5.41, 5.74) is 3.36. The molecule has 1 N–H and O–H groups in total. The Bertz CT molecular complexity index is 1440. The van der Waals surface area contributed by atoms with E-state index in [1.807, 2.05) is 66.7 Å². The fraction of sp³-hybridized carbons (Fsp3) is 0.167. The van der Waals surface area contributed by atoms with E-state index in [0.717, 1.165) is 27.5 Å². The number of nitrogens with zero attached hydrogens (tertiary/aromatic N) is 2. The summed E-state index contributed by atoms with van der Waals surface area (Å²) in [4.78, 5) is 32.2. The number of ketones is 1. The van der Waals surface area contributed by atoms with E-state index >= 15 is 0 Å². The van der Waals surface area contributed by atoms with Gasteiger partial charge in [-0.05, 0) is 45.5 Å². The second kappa shape index (κ2) is 9.18. The van der Waals surface area contributed by atoms with Crippen molar-refractivity contribution in [1.82, 2.24) is 9.88 Å². The van der Waals surface area contributed by atoms with Gasteiger partial charge in [0.1, 0.15) is 5.76 Å². The predicted octanol–water partition coefficient (Wildman–Crippen LogP) is 5.98. The Morgan fingerprint density at radius 3 is 2.37 bits per heavy atom. The number of aromatic nitrogens is 1. The highest BCUT2D eigenvalue weighted by atomic mass is 16.3. The molecule has 5 rings (SSSR count). The normalized spacial score (nSPS) is 17.5. The first kappa shape index (κ1) is 22.5. The second-order valence-corrected chi connectivity index (χ2v) is 9.17. The van der Waals surface area contributed by atoms with Gasteiger partial charge in [-0.2, -0.15) is 0 Å². The zero-order chi connectivity index (χ0) is 24.5. The summed E-state index contributed by atoms with van der Waals surface area (Å²) in [6, 6.07) is 24.2. The summed E-state index contributed by atoms with van der Waals surface area (Å²) in [6.45, 7) is 4.44. The number of benzene rings is 3. The summed E-state index contributed by atoms with van der Waals surface area (Å²) in [5, 5.41) is 13.4. The van der Waals surface area contributed by atoms with Gasteiger partial charge >= 0.3 is 0 Å². The molecule has 1 saturated heterocycles. The lowest BCUT2D eigenvalue weighted by Crippen LogP contribution is -2.29. The molecule has 4 aromatic rings. The molecule has 1 fully saturated rings. The number of Topliss-reactive ketones (excluding diaryl/α,β-unsaturated/α-hetero) is 1. The van der Waals surface area contributed by atoms with Crippen LogP contribution in [0.3, 0.4) is 0 Å². The lowest BCUT2D eigenvalue weighted by atomic mass is 9.92. The van der Waals surface area contributed by atoms with Crippen molar-refractivity contribution in [2.24, 2.45) is 0 Å². The topological polar surface area (TPSA) is 70.5 Å². The number of amides is 1. The molecular weight excluding hydrogens is 436 g/mol. The minimum absolute atomic E-state index is 0.103. The van der Waals surface area contributed by atoms with Crippen LogP contribution >= 0.6 is 0 Å². The molecule has 174 valence electrons. The highest BCUT2D eigenvalue weighted by molar-refractivity contribution is 6.46. The maximum Gasteiger partial charge on any atom is 0.295 e. The number of carbonyl (C=O) groups excluding carboxylic acids is 2. The number of aliphatic hydroxyl groups is 1. The first-order valence-electron chi connectivity index (χ1n) is 11.7. The highest BCUT2D eigenvalue weighted by Gasteiger charge is 2.46. The molecule has 3 aromatic carbocycles. The largest absolute Gasteiger partial charge is 0.507 e. The summed E-state index contributed by atoms with van der Waals surface area (Å²) < 4.78 is 0. The summed E-state index contributed by atoms with van der Waals surface area (Å²) in [6.07, 6.45) is 3.35. The van der Waals surface area contributed by atoms with Crippen molar-refractivity contribution in [3.8, 4) is 0 Å². The first-order chi connectivity index (χ1) is 16.9. The number of rotatable bonds is 5.